The van der Waals surface area contributed by atoms with Gasteiger partial charge in [-0.1, -0.05) is 26.0 Å². The van der Waals surface area contributed by atoms with Crippen LogP contribution in [-0.4, -0.2) is 37.0 Å². The van der Waals surface area contributed by atoms with E-state index in [1.54, 1.807) is 7.11 Å². The lowest BCUT2D eigenvalue weighted by Gasteiger charge is -2.25. The van der Waals surface area contributed by atoms with E-state index in [1.165, 1.54) is 5.56 Å². The van der Waals surface area contributed by atoms with E-state index in [2.05, 4.69) is 31.3 Å². The van der Waals surface area contributed by atoms with Crippen LogP contribution in [0, 0.1) is 0 Å². The zero-order valence-corrected chi connectivity index (χ0v) is 13.3. The molecule has 0 spiro atoms. The summed E-state index contributed by atoms with van der Waals surface area (Å²) in [6.45, 7) is 5.82. The van der Waals surface area contributed by atoms with Crippen molar-refractivity contribution in [3.63, 3.8) is 0 Å². The van der Waals surface area contributed by atoms with Gasteiger partial charge in [-0.3, -0.25) is 4.79 Å². The first-order valence-electron chi connectivity index (χ1n) is 7.78. The molecule has 0 radical (unpaired) electrons. The van der Waals surface area contributed by atoms with Crippen LogP contribution in [0.5, 0.6) is 5.75 Å². The van der Waals surface area contributed by atoms with Gasteiger partial charge in [0.25, 0.3) is 0 Å². The van der Waals surface area contributed by atoms with Gasteiger partial charge in [0, 0.05) is 25.6 Å². The number of ether oxygens (including phenoxy) is 1. The fraction of sp³-hybridized carbons (Fsp3) is 0.588. The summed E-state index contributed by atoms with van der Waals surface area (Å²) in [5.41, 5.74) is 1.21. The van der Waals surface area contributed by atoms with Gasteiger partial charge < -0.3 is 15.0 Å². The van der Waals surface area contributed by atoms with E-state index in [1.807, 2.05) is 17.0 Å². The number of rotatable bonds is 6. The second-order valence-electron chi connectivity index (χ2n) is 5.88. The number of carbonyl (C=O) groups excluding carboxylic acids is 1. The number of carbonyl (C=O) groups is 1. The van der Waals surface area contributed by atoms with Crippen molar-refractivity contribution in [2.24, 2.45) is 0 Å². The lowest BCUT2D eigenvalue weighted by Crippen LogP contribution is -2.34. The van der Waals surface area contributed by atoms with Gasteiger partial charge in [-0.15, -0.1) is 0 Å². The molecule has 116 valence electrons. The van der Waals surface area contributed by atoms with Crippen LogP contribution in [0.3, 0.4) is 0 Å². The SMILES string of the molecule is COc1ccc(C2CCCN2C(=O)CCNC(C)C)cc1. The van der Waals surface area contributed by atoms with Crippen LogP contribution in [-0.2, 0) is 4.79 Å². The Labute approximate surface area is 127 Å². The van der Waals surface area contributed by atoms with Gasteiger partial charge in [0.2, 0.25) is 5.91 Å². The predicted octanol–water partition coefficient (Wildman–Crippen LogP) is 2.75. The molecule has 1 aliphatic heterocycles. The molecule has 2 rings (SSSR count). The fourth-order valence-corrected chi connectivity index (χ4v) is 2.85. The molecule has 0 aromatic heterocycles. The summed E-state index contributed by atoms with van der Waals surface area (Å²) in [6.07, 6.45) is 2.71. The number of amides is 1. The molecule has 4 nitrogen and oxygen atoms in total. The summed E-state index contributed by atoms with van der Waals surface area (Å²) in [4.78, 5) is 14.4. The maximum atomic E-state index is 12.4. The largest absolute Gasteiger partial charge is 0.497 e. The molecular weight excluding hydrogens is 264 g/mol. The van der Waals surface area contributed by atoms with Crippen molar-refractivity contribution in [2.75, 3.05) is 20.2 Å². The zero-order valence-electron chi connectivity index (χ0n) is 13.3. The highest BCUT2D eigenvalue weighted by Gasteiger charge is 2.29. The number of hydrogen-bond acceptors (Lipinski definition) is 3. The van der Waals surface area contributed by atoms with E-state index in [0.717, 1.165) is 31.7 Å². The molecule has 0 bridgehead atoms. The summed E-state index contributed by atoms with van der Waals surface area (Å²) in [5, 5.41) is 3.31. The van der Waals surface area contributed by atoms with Crippen LogP contribution in [0.25, 0.3) is 0 Å². The van der Waals surface area contributed by atoms with Gasteiger partial charge in [-0.05, 0) is 30.5 Å². The molecule has 1 unspecified atom stereocenters. The van der Waals surface area contributed by atoms with Gasteiger partial charge in [-0.2, -0.15) is 0 Å². The van der Waals surface area contributed by atoms with Gasteiger partial charge in [0.1, 0.15) is 5.75 Å². The summed E-state index contributed by atoms with van der Waals surface area (Å²) < 4.78 is 5.19. The molecule has 1 fully saturated rings. The Morgan fingerprint density at radius 1 is 1.38 bits per heavy atom. The monoisotopic (exact) mass is 290 g/mol. The Balaban J connectivity index is 1.97. The molecule has 1 amide bonds. The van der Waals surface area contributed by atoms with Crippen molar-refractivity contribution in [2.45, 2.75) is 45.2 Å². The second-order valence-corrected chi connectivity index (χ2v) is 5.88. The molecule has 1 aromatic rings. The molecule has 1 atom stereocenters. The third kappa shape index (κ3) is 4.21. The molecule has 21 heavy (non-hydrogen) atoms. The van der Waals surface area contributed by atoms with E-state index in [0.29, 0.717) is 12.5 Å². The summed E-state index contributed by atoms with van der Waals surface area (Å²) in [6, 6.07) is 8.73. The molecule has 0 saturated carbocycles. The van der Waals surface area contributed by atoms with E-state index in [9.17, 15) is 4.79 Å². The highest BCUT2D eigenvalue weighted by molar-refractivity contribution is 5.77. The minimum absolute atomic E-state index is 0.224. The van der Waals surface area contributed by atoms with Crippen molar-refractivity contribution in [3.05, 3.63) is 29.8 Å². The third-order valence-corrected chi connectivity index (χ3v) is 3.97. The van der Waals surface area contributed by atoms with Crippen LogP contribution < -0.4 is 10.1 Å². The highest BCUT2D eigenvalue weighted by atomic mass is 16.5. The Hall–Kier alpha value is -1.55. The molecule has 1 aliphatic rings. The number of hydrogen-bond donors (Lipinski definition) is 1. The Morgan fingerprint density at radius 2 is 2.10 bits per heavy atom. The van der Waals surface area contributed by atoms with E-state index < -0.39 is 0 Å². The van der Waals surface area contributed by atoms with Crippen LogP contribution in [0.4, 0.5) is 0 Å². The van der Waals surface area contributed by atoms with E-state index in [-0.39, 0.29) is 11.9 Å². The average molecular weight is 290 g/mol. The fourth-order valence-electron chi connectivity index (χ4n) is 2.85. The first-order valence-corrected chi connectivity index (χ1v) is 7.78. The Kier molecular flexibility index (Phi) is 5.62. The highest BCUT2D eigenvalue weighted by Crippen LogP contribution is 2.33. The smallest absolute Gasteiger partial charge is 0.224 e. The number of methoxy groups -OCH3 is 1. The zero-order chi connectivity index (χ0) is 15.2. The molecule has 4 heteroatoms. The van der Waals surface area contributed by atoms with Crippen molar-refractivity contribution in [3.8, 4) is 5.75 Å². The maximum absolute atomic E-state index is 12.4. The quantitative estimate of drug-likeness (QED) is 0.876. The third-order valence-electron chi connectivity index (χ3n) is 3.97. The predicted molar refractivity (Wildman–Crippen MR) is 84.4 cm³/mol. The molecule has 1 saturated heterocycles. The number of likely N-dealkylation sites (tertiary alicyclic amines) is 1. The van der Waals surface area contributed by atoms with E-state index in [4.69, 9.17) is 4.74 Å². The number of benzene rings is 1. The average Bonchev–Trinajstić information content (AvgIpc) is 2.96. The molecule has 1 aromatic carbocycles. The second kappa shape index (κ2) is 7.46. The molecular formula is C17H26N2O2. The number of nitrogens with zero attached hydrogens (tertiary/aromatic N) is 1. The minimum Gasteiger partial charge on any atom is -0.497 e. The van der Waals surface area contributed by atoms with Crippen LogP contribution in [0.2, 0.25) is 0 Å². The lowest BCUT2D eigenvalue weighted by molar-refractivity contribution is -0.132. The summed E-state index contributed by atoms with van der Waals surface area (Å²) in [7, 11) is 1.67. The first-order chi connectivity index (χ1) is 10.1. The molecule has 0 aliphatic carbocycles. The first kappa shape index (κ1) is 15.8. The number of nitrogens with one attached hydrogen (secondary N) is 1. The Bertz CT molecular complexity index is 456. The van der Waals surface area contributed by atoms with E-state index >= 15 is 0 Å². The maximum Gasteiger partial charge on any atom is 0.224 e. The minimum atomic E-state index is 0.224. The summed E-state index contributed by atoms with van der Waals surface area (Å²) in [5.74, 6) is 1.11. The van der Waals surface area contributed by atoms with Crippen LogP contribution in [0.15, 0.2) is 24.3 Å². The van der Waals surface area contributed by atoms with Crippen molar-refractivity contribution >= 4 is 5.91 Å². The normalized spacial score (nSPS) is 18.3. The van der Waals surface area contributed by atoms with Crippen molar-refractivity contribution in [1.29, 1.82) is 0 Å². The van der Waals surface area contributed by atoms with Gasteiger partial charge >= 0.3 is 0 Å². The van der Waals surface area contributed by atoms with Gasteiger partial charge in [0.15, 0.2) is 0 Å². The van der Waals surface area contributed by atoms with Crippen LogP contribution >= 0.6 is 0 Å². The topological polar surface area (TPSA) is 41.6 Å². The van der Waals surface area contributed by atoms with Crippen molar-refractivity contribution < 1.29 is 9.53 Å². The molecule has 1 heterocycles. The van der Waals surface area contributed by atoms with Gasteiger partial charge in [-0.25, -0.2) is 0 Å². The van der Waals surface area contributed by atoms with Gasteiger partial charge in [0.05, 0.1) is 13.2 Å². The van der Waals surface area contributed by atoms with Crippen molar-refractivity contribution in [1.82, 2.24) is 10.2 Å². The standard InChI is InChI=1S/C17H26N2O2/c1-13(2)18-11-10-17(20)19-12-4-5-16(19)14-6-8-15(21-3)9-7-14/h6-9,13,16,18H,4-5,10-12H2,1-3H3. The van der Waals surface area contributed by atoms with Crippen LogP contribution in [0.1, 0.15) is 44.7 Å². The summed E-state index contributed by atoms with van der Waals surface area (Å²) >= 11 is 0. The Morgan fingerprint density at radius 3 is 2.71 bits per heavy atom. The lowest BCUT2D eigenvalue weighted by atomic mass is 10.0. The molecule has 1 N–H and O–H groups in total.